The van der Waals surface area contributed by atoms with E-state index < -0.39 is 0 Å². The smallest absolute Gasteiger partial charge is 0.0431 e. The molecule has 0 aromatic rings. The summed E-state index contributed by atoms with van der Waals surface area (Å²) in [4.78, 5) is 0. The van der Waals surface area contributed by atoms with Crippen molar-refractivity contribution in [1.82, 2.24) is 0 Å². The summed E-state index contributed by atoms with van der Waals surface area (Å²) in [7, 11) is 0. The molecular weight excluding hydrogens is 328 g/mol. The van der Waals surface area contributed by atoms with E-state index in [0.29, 0.717) is 6.61 Å². The highest BCUT2D eigenvalue weighted by molar-refractivity contribution is 4.89. The Bertz CT molecular complexity index is 389. The first-order valence-corrected chi connectivity index (χ1v) is 12.8. The Balaban J connectivity index is 1.42. The fourth-order valence-electron chi connectivity index (χ4n) is 7.23. The van der Waals surface area contributed by atoms with Crippen molar-refractivity contribution in [3.05, 3.63) is 0 Å². The van der Waals surface area contributed by atoms with Crippen LogP contribution in [0.3, 0.4) is 0 Å². The molecule has 1 nitrogen and oxygen atoms in total. The summed E-state index contributed by atoms with van der Waals surface area (Å²) in [6.45, 7) is 5.33. The number of unbranched alkanes of at least 4 members (excludes halogenated alkanes) is 2. The quantitative estimate of drug-likeness (QED) is 0.432. The number of hydrogen-bond donors (Lipinski definition) is 1. The second-order valence-electron chi connectivity index (χ2n) is 10.8. The topological polar surface area (TPSA) is 20.2 Å². The summed E-state index contributed by atoms with van der Waals surface area (Å²) in [5.74, 6) is 7.29. The summed E-state index contributed by atoms with van der Waals surface area (Å²) in [5, 5.41) is 8.94. The van der Waals surface area contributed by atoms with Crippen LogP contribution in [-0.4, -0.2) is 11.7 Å². The van der Waals surface area contributed by atoms with Crippen LogP contribution >= 0.6 is 0 Å². The average Bonchev–Trinajstić information content (AvgIpc) is 2.72. The third-order valence-corrected chi connectivity index (χ3v) is 9.10. The van der Waals surface area contributed by atoms with Gasteiger partial charge >= 0.3 is 0 Å². The molecule has 27 heavy (non-hydrogen) atoms. The molecule has 3 saturated carbocycles. The molecule has 3 rings (SSSR count). The van der Waals surface area contributed by atoms with Gasteiger partial charge < -0.3 is 5.11 Å². The highest BCUT2D eigenvalue weighted by Gasteiger charge is 2.38. The fraction of sp³-hybridized carbons (Fsp3) is 1.00. The van der Waals surface area contributed by atoms with Gasteiger partial charge in [-0.15, -0.1) is 0 Å². The van der Waals surface area contributed by atoms with Crippen LogP contribution < -0.4 is 0 Å². The van der Waals surface area contributed by atoms with Crippen molar-refractivity contribution in [2.45, 2.75) is 117 Å². The lowest BCUT2D eigenvalue weighted by Crippen LogP contribution is -2.35. The summed E-state index contributed by atoms with van der Waals surface area (Å²) in [6.07, 6.45) is 23.3. The van der Waals surface area contributed by atoms with E-state index in [0.717, 1.165) is 47.8 Å². The molecule has 3 unspecified atom stereocenters. The largest absolute Gasteiger partial charge is 0.396 e. The lowest BCUT2D eigenvalue weighted by molar-refractivity contribution is 0.0535. The van der Waals surface area contributed by atoms with Gasteiger partial charge in [0.25, 0.3) is 0 Å². The zero-order valence-corrected chi connectivity index (χ0v) is 18.5. The molecule has 0 spiro atoms. The highest BCUT2D eigenvalue weighted by Crippen LogP contribution is 2.49. The molecule has 1 heteroatoms. The van der Waals surface area contributed by atoms with Crippen LogP contribution in [0.4, 0.5) is 0 Å². The molecular formula is C26H48O. The van der Waals surface area contributed by atoms with Crippen LogP contribution in [0.5, 0.6) is 0 Å². The summed E-state index contributed by atoms with van der Waals surface area (Å²) < 4.78 is 0. The minimum Gasteiger partial charge on any atom is -0.396 e. The monoisotopic (exact) mass is 376 g/mol. The number of rotatable bonds is 8. The first-order chi connectivity index (χ1) is 13.2. The first kappa shape index (κ1) is 21.7. The van der Waals surface area contributed by atoms with Gasteiger partial charge in [-0.3, -0.25) is 0 Å². The lowest BCUT2D eigenvalue weighted by atomic mass is 9.60. The van der Waals surface area contributed by atoms with Gasteiger partial charge in [0.05, 0.1) is 0 Å². The summed E-state index contributed by atoms with van der Waals surface area (Å²) in [6, 6.07) is 0. The number of aliphatic hydroxyl groups is 1. The molecule has 0 aromatic carbocycles. The molecule has 3 fully saturated rings. The Hall–Kier alpha value is -0.0400. The third kappa shape index (κ3) is 6.22. The predicted octanol–water partition coefficient (Wildman–Crippen LogP) is 7.61. The fourth-order valence-corrected chi connectivity index (χ4v) is 7.23. The third-order valence-electron chi connectivity index (χ3n) is 9.10. The molecule has 0 amide bonds. The van der Waals surface area contributed by atoms with Crippen LogP contribution in [0, 0.1) is 41.4 Å². The van der Waals surface area contributed by atoms with E-state index in [1.54, 1.807) is 19.3 Å². The maximum atomic E-state index is 8.94. The van der Waals surface area contributed by atoms with Crippen molar-refractivity contribution < 1.29 is 5.11 Å². The van der Waals surface area contributed by atoms with Crippen LogP contribution in [0.2, 0.25) is 0 Å². The van der Waals surface area contributed by atoms with E-state index in [4.69, 9.17) is 5.11 Å². The van der Waals surface area contributed by atoms with Crippen molar-refractivity contribution in [2.24, 2.45) is 41.4 Å². The Morgan fingerprint density at radius 2 is 1.37 bits per heavy atom. The maximum Gasteiger partial charge on any atom is 0.0431 e. The summed E-state index contributed by atoms with van der Waals surface area (Å²) >= 11 is 0. The zero-order valence-electron chi connectivity index (χ0n) is 18.5. The van der Waals surface area contributed by atoms with Gasteiger partial charge in [0, 0.05) is 6.61 Å². The molecule has 3 aliphatic rings. The number of hydrogen-bond acceptors (Lipinski definition) is 1. The second-order valence-corrected chi connectivity index (χ2v) is 10.8. The molecule has 1 N–H and O–H groups in total. The first-order valence-electron chi connectivity index (χ1n) is 12.8. The van der Waals surface area contributed by atoms with Crippen molar-refractivity contribution in [1.29, 1.82) is 0 Å². The van der Waals surface area contributed by atoms with E-state index >= 15 is 0 Å². The van der Waals surface area contributed by atoms with Gasteiger partial charge in [0.2, 0.25) is 0 Å². The van der Waals surface area contributed by atoms with Crippen molar-refractivity contribution in [2.75, 3.05) is 6.61 Å². The second kappa shape index (κ2) is 11.2. The van der Waals surface area contributed by atoms with E-state index in [1.807, 2.05) is 0 Å². The highest BCUT2D eigenvalue weighted by atomic mass is 16.2. The van der Waals surface area contributed by atoms with Crippen LogP contribution in [0.1, 0.15) is 117 Å². The Kier molecular flexibility index (Phi) is 9.01. The van der Waals surface area contributed by atoms with E-state index in [-0.39, 0.29) is 0 Å². The SMILES string of the molecule is CCC1CC(C2CCC(C)CC2)CCC1C1CCC(CCCCCO)CC1. The molecule has 3 aliphatic carbocycles. The van der Waals surface area contributed by atoms with Gasteiger partial charge in [0.1, 0.15) is 0 Å². The molecule has 0 bridgehead atoms. The van der Waals surface area contributed by atoms with Crippen molar-refractivity contribution in [3.63, 3.8) is 0 Å². The normalized spacial score (nSPS) is 40.8. The number of aliphatic hydroxyl groups excluding tert-OH is 1. The predicted molar refractivity (Wildman–Crippen MR) is 117 cm³/mol. The van der Waals surface area contributed by atoms with Crippen molar-refractivity contribution in [3.8, 4) is 0 Å². The minimum absolute atomic E-state index is 0.383. The Morgan fingerprint density at radius 1 is 0.704 bits per heavy atom. The maximum absolute atomic E-state index is 8.94. The molecule has 158 valence electrons. The zero-order chi connectivity index (χ0) is 19.1. The molecule has 0 radical (unpaired) electrons. The van der Waals surface area contributed by atoms with E-state index in [1.165, 1.54) is 77.0 Å². The molecule has 0 aliphatic heterocycles. The van der Waals surface area contributed by atoms with E-state index in [2.05, 4.69) is 13.8 Å². The van der Waals surface area contributed by atoms with Crippen LogP contribution in [0.15, 0.2) is 0 Å². The van der Waals surface area contributed by atoms with Crippen molar-refractivity contribution >= 4 is 0 Å². The molecule has 0 saturated heterocycles. The molecule has 0 aromatic heterocycles. The average molecular weight is 377 g/mol. The van der Waals surface area contributed by atoms with Crippen LogP contribution in [0.25, 0.3) is 0 Å². The van der Waals surface area contributed by atoms with Gasteiger partial charge in [-0.1, -0.05) is 65.2 Å². The summed E-state index contributed by atoms with van der Waals surface area (Å²) in [5.41, 5.74) is 0. The minimum atomic E-state index is 0.383. The van der Waals surface area contributed by atoms with Gasteiger partial charge in [-0.2, -0.15) is 0 Å². The van der Waals surface area contributed by atoms with Gasteiger partial charge in [-0.25, -0.2) is 0 Å². The Labute approximate surface area is 170 Å². The molecule has 0 heterocycles. The van der Waals surface area contributed by atoms with Gasteiger partial charge in [0.15, 0.2) is 0 Å². The van der Waals surface area contributed by atoms with Gasteiger partial charge in [-0.05, 0) is 92.8 Å². The van der Waals surface area contributed by atoms with E-state index in [9.17, 15) is 0 Å². The van der Waals surface area contributed by atoms with Crippen LogP contribution in [-0.2, 0) is 0 Å². The lowest BCUT2D eigenvalue weighted by Gasteiger charge is -2.45. The Morgan fingerprint density at radius 3 is 2.04 bits per heavy atom. The molecule has 3 atom stereocenters. The standard InChI is InChI=1S/C26H48O/c1-3-22-19-25(23-12-8-20(2)9-13-23)16-17-26(22)24-14-10-21(11-15-24)7-5-4-6-18-27/h20-27H,3-19H2,1-2H3.